The van der Waals surface area contributed by atoms with Crippen molar-refractivity contribution in [1.29, 1.82) is 0 Å². The maximum absolute atomic E-state index is 13.0. The van der Waals surface area contributed by atoms with Crippen LogP contribution in [0.25, 0.3) is 22.0 Å². The number of carbonyl (C=O) groups is 1. The summed E-state index contributed by atoms with van der Waals surface area (Å²) in [5, 5.41) is 1.16. The van der Waals surface area contributed by atoms with Crippen LogP contribution in [0.1, 0.15) is 32.3 Å². The number of urea groups is 1. The molecule has 2 amide bonds. The molecule has 2 saturated heterocycles. The lowest BCUT2D eigenvalue weighted by Crippen LogP contribution is -2.55. The van der Waals surface area contributed by atoms with Crippen LogP contribution in [0.4, 0.5) is 4.79 Å². The number of benzene rings is 2. The van der Waals surface area contributed by atoms with Crippen molar-refractivity contribution < 1.29 is 9.53 Å². The van der Waals surface area contributed by atoms with E-state index in [1.807, 2.05) is 22.1 Å². The molecular weight excluding hydrogens is 472 g/mol. The van der Waals surface area contributed by atoms with Crippen molar-refractivity contribution in [2.45, 2.75) is 45.8 Å². The molecule has 0 saturated carbocycles. The Morgan fingerprint density at radius 2 is 1.58 bits per heavy atom. The number of nitrogens with zero attached hydrogens (tertiary/aromatic N) is 4. The van der Waals surface area contributed by atoms with Crippen LogP contribution in [0, 0.1) is 6.92 Å². The van der Waals surface area contributed by atoms with Gasteiger partial charge in [-0.3, -0.25) is 9.88 Å². The summed E-state index contributed by atoms with van der Waals surface area (Å²) in [5.74, 6) is 0.889. The molecule has 3 heterocycles. The summed E-state index contributed by atoms with van der Waals surface area (Å²) in [7, 11) is 0. The summed E-state index contributed by atoms with van der Waals surface area (Å²) < 4.78 is 6.29. The van der Waals surface area contributed by atoms with E-state index in [0.717, 1.165) is 68.8 Å². The number of fused-ring (bicyclic) bond motifs is 1. The number of halogens is 1. The number of piperidine rings is 1. The van der Waals surface area contributed by atoms with E-state index in [0.29, 0.717) is 6.04 Å². The molecule has 2 fully saturated rings. The quantitative estimate of drug-likeness (QED) is 0.459. The largest absolute Gasteiger partial charge is 0.490 e. The van der Waals surface area contributed by atoms with Crippen molar-refractivity contribution in [3.05, 3.63) is 60.3 Å². The molecule has 0 aliphatic carbocycles. The molecule has 192 valence electrons. The number of hydrogen-bond acceptors (Lipinski definition) is 4. The monoisotopic (exact) mass is 508 g/mol. The summed E-state index contributed by atoms with van der Waals surface area (Å²) >= 11 is 0. The molecule has 2 aliphatic rings. The van der Waals surface area contributed by atoms with Crippen LogP contribution >= 0.6 is 12.4 Å². The number of aryl methyl sites for hydroxylation is 1. The van der Waals surface area contributed by atoms with Gasteiger partial charge in [0.1, 0.15) is 11.9 Å². The molecule has 2 aromatic carbocycles. The van der Waals surface area contributed by atoms with E-state index in [1.165, 1.54) is 16.7 Å². The van der Waals surface area contributed by atoms with Gasteiger partial charge in [-0.1, -0.05) is 30.3 Å². The number of pyridine rings is 1. The minimum absolute atomic E-state index is 0. The third kappa shape index (κ3) is 5.60. The first-order chi connectivity index (χ1) is 17.0. The van der Waals surface area contributed by atoms with E-state index in [1.54, 1.807) is 0 Å². The molecule has 5 rings (SSSR count). The zero-order valence-corrected chi connectivity index (χ0v) is 22.3. The summed E-state index contributed by atoms with van der Waals surface area (Å²) in [5.41, 5.74) is 4.61. The van der Waals surface area contributed by atoms with E-state index < -0.39 is 0 Å². The Balaban J connectivity index is 0.00000304. The summed E-state index contributed by atoms with van der Waals surface area (Å²) in [6.45, 7) is 11.7. The molecule has 36 heavy (non-hydrogen) atoms. The van der Waals surface area contributed by atoms with Crippen LogP contribution in [0.15, 0.2) is 54.7 Å². The predicted molar refractivity (Wildman–Crippen MR) is 148 cm³/mol. The minimum Gasteiger partial charge on any atom is -0.490 e. The Morgan fingerprint density at radius 3 is 2.25 bits per heavy atom. The highest BCUT2D eigenvalue weighted by Crippen LogP contribution is 2.30. The number of amides is 2. The second-order valence-corrected chi connectivity index (χ2v) is 10.0. The zero-order chi connectivity index (χ0) is 24.4. The standard InChI is InChI=1S/C29H36N4O2.ClH/c1-21(2)31-17-19-33(20-18-31)29(34)32-15-12-26(13-16-32)35-25-9-6-23(7-10-25)27-11-8-24-5-4-14-30-28(24)22(27)3;/h4-11,14,21,26H,12-13,15-20H2,1-3H3;1H. The lowest BCUT2D eigenvalue weighted by molar-refractivity contribution is 0.0745. The molecule has 0 spiro atoms. The van der Waals surface area contributed by atoms with Gasteiger partial charge >= 0.3 is 6.03 Å². The van der Waals surface area contributed by atoms with Crippen molar-refractivity contribution in [3.8, 4) is 16.9 Å². The Labute approximate surface area is 220 Å². The number of carbonyl (C=O) groups excluding carboxylic acids is 1. The van der Waals surface area contributed by atoms with Crippen molar-refractivity contribution in [2.75, 3.05) is 39.3 Å². The fourth-order valence-corrected chi connectivity index (χ4v) is 5.30. The topological polar surface area (TPSA) is 48.9 Å². The van der Waals surface area contributed by atoms with Gasteiger partial charge in [-0.25, -0.2) is 4.79 Å². The van der Waals surface area contributed by atoms with Crippen LogP contribution in [0.5, 0.6) is 5.75 Å². The molecule has 0 bridgehead atoms. The number of rotatable bonds is 4. The normalized spacial score (nSPS) is 17.3. The van der Waals surface area contributed by atoms with Crippen molar-refractivity contribution in [2.24, 2.45) is 0 Å². The minimum atomic E-state index is 0. The molecular formula is C29H37ClN4O2. The molecule has 2 aliphatic heterocycles. The second-order valence-electron chi connectivity index (χ2n) is 10.0. The Hall–Kier alpha value is -2.83. The van der Waals surface area contributed by atoms with E-state index >= 15 is 0 Å². The molecule has 1 aromatic heterocycles. The summed E-state index contributed by atoms with van der Waals surface area (Å²) in [6.07, 6.45) is 3.74. The third-order valence-electron chi connectivity index (χ3n) is 7.52. The number of hydrogen-bond donors (Lipinski definition) is 0. The highest BCUT2D eigenvalue weighted by molar-refractivity contribution is 5.88. The number of likely N-dealkylation sites (tertiary alicyclic amines) is 1. The average molecular weight is 509 g/mol. The van der Waals surface area contributed by atoms with Gasteiger partial charge in [0.25, 0.3) is 0 Å². The third-order valence-corrected chi connectivity index (χ3v) is 7.52. The zero-order valence-electron chi connectivity index (χ0n) is 21.5. The Kier molecular flexibility index (Phi) is 8.37. The lowest BCUT2D eigenvalue weighted by Gasteiger charge is -2.40. The fraction of sp³-hybridized carbons (Fsp3) is 0.448. The molecule has 3 aromatic rings. The smallest absolute Gasteiger partial charge is 0.320 e. The highest BCUT2D eigenvalue weighted by atomic mass is 35.5. The SMILES string of the molecule is Cc1c(-c2ccc(OC3CCN(C(=O)N4CCN(C(C)C)CC4)CC3)cc2)ccc2cccnc12.Cl. The lowest BCUT2D eigenvalue weighted by atomic mass is 9.98. The van der Waals surface area contributed by atoms with Gasteiger partial charge in [0.05, 0.1) is 5.52 Å². The van der Waals surface area contributed by atoms with E-state index in [2.05, 4.69) is 73.1 Å². The van der Waals surface area contributed by atoms with Crippen molar-refractivity contribution in [1.82, 2.24) is 19.7 Å². The van der Waals surface area contributed by atoms with E-state index in [4.69, 9.17) is 4.74 Å². The van der Waals surface area contributed by atoms with Crippen LogP contribution in [-0.2, 0) is 0 Å². The maximum Gasteiger partial charge on any atom is 0.320 e. The number of aromatic nitrogens is 1. The van der Waals surface area contributed by atoms with Crippen LogP contribution in [0.2, 0.25) is 0 Å². The van der Waals surface area contributed by atoms with Crippen molar-refractivity contribution in [3.63, 3.8) is 0 Å². The van der Waals surface area contributed by atoms with E-state index in [9.17, 15) is 4.79 Å². The van der Waals surface area contributed by atoms with Crippen LogP contribution in [0.3, 0.4) is 0 Å². The molecule has 0 atom stereocenters. The molecule has 6 nitrogen and oxygen atoms in total. The second kappa shape index (κ2) is 11.5. The first-order valence-corrected chi connectivity index (χ1v) is 12.9. The Bertz CT molecular complexity index is 1170. The molecule has 7 heteroatoms. The number of piperazine rings is 1. The van der Waals surface area contributed by atoms with Gasteiger partial charge in [-0.2, -0.15) is 0 Å². The van der Waals surface area contributed by atoms with Gasteiger partial charge in [0.15, 0.2) is 0 Å². The summed E-state index contributed by atoms with van der Waals surface area (Å²) in [6, 6.07) is 17.5. The van der Waals surface area contributed by atoms with Crippen LogP contribution < -0.4 is 4.74 Å². The van der Waals surface area contributed by atoms with Crippen molar-refractivity contribution >= 4 is 29.3 Å². The van der Waals surface area contributed by atoms with Gasteiger partial charge in [-0.05, 0) is 55.7 Å². The van der Waals surface area contributed by atoms with Crippen LogP contribution in [-0.4, -0.2) is 77.1 Å². The highest BCUT2D eigenvalue weighted by Gasteiger charge is 2.29. The van der Waals surface area contributed by atoms with Gasteiger partial charge in [0.2, 0.25) is 0 Å². The van der Waals surface area contributed by atoms with Gasteiger partial charge < -0.3 is 14.5 Å². The molecule has 0 N–H and O–H groups in total. The summed E-state index contributed by atoms with van der Waals surface area (Å²) in [4.78, 5) is 24.0. The number of ether oxygens (including phenoxy) is 1. The molecule has 0 radical (unpaired) electrons. The average Bonchev–Trinajstić information content (AvgIpc) is 2.90. The first kappa shape index (κ1) is 26.2. The fourth-order valence-electron chi connectivity index (χ4n) is 5.30. The van der Waals surface area contributed by atoms with E-state index in [-0.39, 0.29) is 24.5 Å². The molecule has 0 unspecified atom stereocenters. The van der Waals surface area contributed by atoms with Gasteiger partial charge in [0, 0.05) is 69.7 Å². The maximum atomic E-state index is 13.0. The first-order valence-electron chi connectivity index (χ1n) is 12.9. The van der Waals surface area contributed by atoms with Gasteiger partial charge in [-0.15, -0.1) is 12.4 Å². The Morgan fingerprint density at radius 1 is 0.917 bits per heavy atom. The predicted octanol–water partition coefficient (Wildman–Crippen LogP) is 5.62.